The number of rotatable bonds is 2. The highest BCUT2D eigenvalue weighted by molar-refractivity contribution is 9.10. The first-order chi connectivity index (χ1) is 12.4. The molecule has 2 N–H and O–H groups in total. The van der Waals surface area contributed by atoms with E-state index in [-0.39, 0.29) is 16.9 Å². The lowest BCUT2D eigenvalue weighted by Gasteiger charge is -2.49. The predicted octanol–water partition coefficient (Wildman–Crippen LogP) is 7.37. The maximum Gasteiger partial charge on any atom is 0.133 e. The van der Waals surface area contributed by atoms with Gasteiger partial charge in [0.15, 0.2) is 0 Å². The third-order valence-corrected chi connectivity index (χ3v) is 7.03. The van der Waals surface area contributed by atoms with Gasteiger partial charge in [0.1, 0.15) is 11.5 Å². The molecule has 3 rings (SSSR count). The molecule has 146 valence electrons. The second-order valence-corrected chi connectivity index (χ2v) is 10.9. The quantitative estimate of drug-likeness (QED) is 0.456. The summed E-state index contributed by atoms with van der Waals surface area (Å²) in [4.78, 5) is 0. The topological polar surface area (TPSA) is 40.5 Å². The number of hydrogen-bond acceptors (Lipinski definition) is 2. The standard InChI is InChI=1S/C23H28Br2O2/c1-13-6-16(20(26)18(24)8-13)23(11-15(3)10-22(4,5)12-23)17-7-14(2)9-19(25)21(17)27/h6-9,15,26-27H,10-12H2,1-5H3. The highest BCUT2D eigenvalue weighted by atomic mass is 79.9. The van der Waals surface area contributed by atoms with Crippen molar-refractivity contribution in [3.8, 4) is 11.5 Å². The smallest absolute Gasteiger partial charge is 0.133 e. The van der Waals surface area contributed by atoms with Crippen molar-refractivity contribution in [2.75, 3.05) is 0 Å². The Morgan fingerprint density at radius 1 is 0.852 bits per heavy atom. The number of hydrogen-bond donors (Lipinski definition) is 2. The van der Waals surface area contributed by atoms with E-state index < -0.39 is 5.41 Å². The lowest BCUT2D eigenvalue weighted by atomic mass is 9.55. The third-order valence-electron chi connectivity index (χ3n) is 5.82. The summed E-state index contributed by atoms with van der Waals surface area (Å²) in [6.07, 6.45) is 2.90. The van der Waals surface area contributed by atoms with Gasteiger partial charge in [-0.3, -0.25) is 0 Å². The molecule has 27 heavy (non-hydrogen) atoms. The zero-order valence-electron chi connectivity index (χ0n) is 16.7. The Hall–Kier alpha value is -1.00. The molecule has 0 aromatic heterocycles. The SMILES string of the molecule is Cc1cc(Br)c(O)c(C2(c3cc(C)cc(Br)c3O)CC(C)CC(C)(C)C2)c1. The molecule has 1 aliphatic carbocycles. The van der Waals surface area contributed by atoms with E-state index in [9.17, 15) is 10.2 Å². The highest BCUT2D eigenvalue weighted by Gasteiger charge is 2.48. The second-order valence-electron chi connectivity index (χ2n) is 9.22. The van der Waals surface area contributed by atoms with Gasteiger partial charge in [-0.25, -0.2) is 0 Å². The molecule has 1 aliphatic rings. The zero-order chi connectivity index (χ0) is 20.1. The van der Waals surface area contributed by atoms with Crippen molar-refractivity contribution in [1.29, 1.82) is 0 Å². The van der Waals surface area contributed by atoms with E-state index in [1.165, 1.54) is 0 Å². The number of benzene rings is 2. The van der Waals surface area contributed by atoms with E-state index in [0.717, 1.165) is 41.5 Å². The molecule has 1 fully saturated rings. The number of aromatic hydroxyl groups is 2. The van der Waals surface area contributed by atoms with Crippen LogP contribution in [0.1, 0.15) is 62.3 Å². The predicted molar refractivity (Wildman–Crippen MR) is 119 cm³/mol. The van der Waals surface area contributed by atoms with Gasteiger partial charge in [-0.05, 0) is 99.6 Å². The summed E-state index contributed by atoms with van der Waals surface area (Å²) in [5, 5.41) is 22.1. The largest absolute Gasteiger partial charge is 0.506 e. The van der Waals surface area contributed by atoms with Crippen molar-refractivity contribution in [3.63, 3.8) is 0 Å². The molecule has 0 radical (unpaired) electrons. The van der Waals surface area contributed by atoms with E-state index in [1.807, 2.05) is 26.0 Å². The Bertz CT molecular complexity index is 829. The van der Waals surface area contributed by atoms with Crippen LogP contribution < -0.4 is 0 Å². The molecular weight excluding hydrogens is 468 g/mol. The molecular formula is C23H28Br2O2. The van der Waals surface area contributed by atoms with Crippen LogP contribution in [0.15, 0.2) is 33.2 Å². The molecule has 2 aromatic rings. The van der Waals surface area contributed by atoms with Gasteiger partial charge in [0.25, 0.3) is 0 Å². The Morgan fingerprint density at radius 3 is 1.70 bits per heavy atom. The van der Waals surface area contributed by atoms with Crippen LogP contribution in [0, 0.1) is 25.2 Å². The van der Waals surface area contributed by atoms with Crippen molar-refractivity contribution in [2.45, 2.75) is 59.3 Å². The second kappa shape index (κ2) is 7.11. The first kappa shape index (κ1) is 20.7. The Labute approximate surface area is 179 Å². The van der Waals surface area contributed by atoms with Crippen LogP contribution in [0.3, 0.4) is 0 Å². The lowest BCUT2D eigenvalue weighted by molar-refractivity contribution is 0.123. The van der Waals surface area contributed by atoms with Gasteiger partial charge in [-0.15, -0.1) is 0 Å². The average Bonchev–Trinajstić information content (AvgIpc) is 2.52. The van der Waals surface area contributed by atoms with Gasteiger partial charge in [0, 0.05) is 16.5 Å². The maximum absolute atomic E-state index is 11.0. The molecule has 1 unspecified atom stereocenters. The fraction of sp³-hybridized carbons (Fsp3) is 0.478. The first-order valence-corrected chi connectivity index (χ1v) is 11.0. The Kier molecular flexibility index (Phi) is 5.46. The van der Waals surface area contributed by atoms with Crippen LogP contribution in [-0.4, -0.2) is 10.2 Å². The normalized spacial score (nSPS) is 21.2. The number of aryl methyl sites for hydroxylation is 2. The van der Waals surface area contributed by atoms with Crippen LogP contribution in [0.4, 0.5) is 0 Å². The van der Waals surface area contributed by atoms with Gasteiger partial charge in [-0.2, -0.15) is 0 Å². The molecule has 2 aromatic carbocycles. The van der Waals surface area contributed by atoms with E-state index in [2.05, 4.69) is 64.8 Å². The van der Waals surface area contributed by atoms with Gasteiger partial charge in [0.05, 0.1) is 8.95 Å². The molecule has 1 saturated carbocycles. The number of halogens is 2. The summed E-state index contributed by atoms with van der Waals surface area (Å²) >= 11 is 7.06. The molecule has 0 amide bonds. The maximum atomic E-state index is 11.0. The monoisotopic (exact) mass is 494 g/mol. The molecule has 0 saturated heterocycles. The summed E-state index contributed by atoms with van der Waals surface area (Å²) in [6, 6.07) is 8.06. The van der Waals surface area contributed by atoms with Gasteiger partial charge < -0.3 is 10.2 Å². The minimum Gasteiger partial charge on any atom is -0.506 e. The first-order valence-electron chi connectivity index (χ1n) is 9.44. The molecule has 0 aliphatic heterocycles. The molecule has 2 nitrogen and oxygen atoms in total. The number of phenols is 2. The van der Waals surface area contributed by atoms with Gasteiger partial charge in [0.2, 0.25) is 0 Å². The molecule has 0 heterocycles. The Morgan fingerprint density at radius 2 is 1.30 bits per heavy atom. The average molecular weight is 496 g/mol. The van der Waals surface area contributed by atoms with Gasteiger partial charge >= 0.3 is 0 Å². The van der Waals surface area contributed by atoms with E-state index >= 15 is 0 Å². The minimum atomic E-state index is -0.446. The summed E-state index contributed by atoms with van der Waals surface area (Å²) in [5.41, 5.74) is 3.65. The van der Waals surface area contributed by atoms with Crippen molar-refractivity contribution in [1.82, 2.24) is 0 Å². The van der Waals surface area contributed by atoms with Crippen molar-refractivity contribution in [2.24, 2.45) is 11.3 Å². The summed E-state index contributed by atoms with van der Waals surface area (Å²) in [5.74, 6) is 1.04. The minimum absolute atomic E-state index is 0.100. The molecule has 0 bridgehead atoms. The number of phenolic OH excluding ortho intramolecular Hbond substituents is 2. The summed E-state index contributed by atoms with van der Waals surface area (Å²) < 4.78 is 1.42. The van der Waals surface area contributed by atoms with Crippen LogP contribution >= 0.6 is 31.9 Å². The van der Waals surface area contributed by atoms with E-state index in [0.29, 0.717) is 14.9 Å². The Balaban J connectivity index is 2.39. The van der Waals surface area contributed by atoms with E-state index in [1.54, 1.807) is 0 Å². The fourth-order valence-corrected chi connectivity index (χ4v) is 6.48. The highest BCUT2D eigenvalue weighted by Crippen LogP contribution is 2.58. The fourth-order valence-electron chi connectivity index (χ4n) is 5.33. The third kappa shape index (κ3) is 3.80. The van der Waals surface area contributed by atoms with Crippen molar-refractivity contribution >= 4 is 31.9 Å². The van der Waals surface area contributed by atoms with Crippen LogP contribution in [0.5, 0.6) is 11.5 Å². The van der Waals surface area contributed by atoms with Gasteiger partial charge in [-0.1, -0.05) is 32.9 Å². The molecule has 1 atom stereocenters. The lowest BCUT2D eigenvalue weighted by Crippen LogP contribution is -2.41. The van der Waals surface area contributed by atoms with Crippen LogP contribution in [-0.2, 0) is 5.41 Å². The van der Waals surface area contributed by atoms with Crippen LogP contribution in [0.2, 0.25) is 0 Å². The van der Waals surface area contributed by atoms with E-state index in [4.69, 9.17) is 0 Å². The molecule has 4 heteroatoms. The zero-order valence-corrected chi connectivity index (χ0v) is 19.8. The van der Waals surface area contributed by atoms with Crippen molar-refractivity contribution in [3.05, 3.63) is 55.5 Å². The van der Waals surface area contributed by atoms with Crippen molar-refractivity contribution < 1.29 is 10.2 Å². The summed E-state index contributed by atoms with van der Waals surface area (Å²) in [6.45, 7) is 11.0. The van der Waals surface area contributed by atoms with Crippen LogP contribution in [0.25, 0.3) is 0 Å². The summed E-state index contributed by atoms with van der Waals surface area (Å²) in [7, 11) is 0. The molecule has 0 spiro atoms.